The summed E-state index contributed by atoms with van der Waals surface area (Å²) in [6.07, 6.45) is -0.576. The van der Waals surface area contributed by atoms with Crippen molar-refractivity contribution >= 4 is 11.6 Å². The minimum Gasteiger partial charge on any atom is -0.429 e. The molecule has 0 saturated carbocycles. The summed E-state index contributed by atoms with van der Waals surface area (Å²) in [6.45, 7) is 2.10. The lowest BCUT2D eigenvalue weighted by Crippen LogP contribution is -2.25. The molecule has 0 bridgehead atoms. The van der Waals surface area contributed by atoms with Crippen molar-refractivity contribution in [1.29, 1.82) is 0 Å². The SMILES string of the molecule is CCCCCc1ccc(-c2cc(F)c(C#Cc3cc(F)c(C(F)(F)Oc4cc(F)c(F)c(Cl)c4)c(F)c3)c(F)c2)cc1. The van der Waals surface area contributed by atoms with Gasteiger partial charge in [-0.2, -0.15) is 8.78 Å². The Morgan fingerprint density at radius 1 is 0.714 bits per heavy atom. The Bertz CT molecular complexity index is 1600. The summed E-state index contributed by atoms with van der Waals surface area (Å²) < 4.78 is 119. The number of unbranched alkanes of at least 4 members (excludes halogenated alkanes) is 2. The predicted molar refractivity (Wildman–Crippen MR) is 143 cm³/mol. The molecule has 0 N–H and O–H groups in total. The average molecular weight is 609 g/mol. The second kappa shape index (κ2) is 12.9. The molecule has 0 aliphatic heterocycles. The van der Waals surface area contributed by atoms with E-state index in [4.69, 9.17) is 11.6 Å². The van der Waals surface area contributed by atoms with Crippen LogP contribution in [-0.2, 0) is 12.5 Å². The highest BCUT2D eigenvalue weighted by atomic mass is 35.5. The van der Waals surface area contributed by atoms with Gasteiger partial charge >= 0.3 is 6.11 Å². The highest BCUT2D eigenvalue weighted by Gasteiger charge is 2.41. The fourth-order valence-electron chi connectivity index (χ4n) is 4.15. The van der Waals surface area contributed by atoms with Crippen LogP contribution in [0.5, 0.6) is 5.75 Å². The molecule has 4 aromatic rings. The highest BCUT2D eigenvalue weighted by Crippen LogP contribution is 2.37. The quantitative estimate of drug-likeness (QED) is 0.0837. The minimum atomic E-state index is -4.69. The Labute approximate surface area is 241 Å². The first kappa shape index (κ1) is 30.9. The first-order chi connectivity index (χ1) is 19.9. The molecular weight excluding hydrogens is 588 g/mol. The molecule has 0 aromatic heterocycles. The van der Waals surface area contributed by atoms with E-state index in [1.807, 2.05) is 12.1 Å². The standard InChI is InChI=1S/C32H21ClF8O/c1-2-3-4-5-18-6-9-20(10-7-18)21-14-25(34)23(26(35)15-21)11-8-19-12-27(36)30(28(37)13-19)32(40,41)42-22-16-24(33)31(39)29(38)17-22/h6-7,9-10,12-17H,2-5H2,1H3. The molecule has 0 heterocycles. The lowest BCUT2D eigenvalue weighted by atomic mass is 9.99. The first-order valence-corrected chi connectivity index (χ1v) is 13.1. The molecular formula is C32H21ClF8O. The molecule has 0 radical (unpaired) electrons. The summed E-state index contributed by atoms with van der Waals surface area (Å²) in [5.74, 6) is -5.54. The maximum atomic E-state index is 14.8. The van der Waals surface area contributed by atoms with E-state index in [9.17, 15) is 35.1 Å². The van der Waals surface area contributed by atoms with Crippen LogP contribution in [-0.4, -0.2) is 0 Å². The molecule has 0 amide bonds. The fourth-order valence-corrected chi connectivity index (χ4v) is 4.35. The fraction of sp³-hybridized carbons (Fsp3) is 0.188. The van der Waals surface area contributed by atoms with E-state index < -0.39 is 68.5 Å². The van der Waals surface area contributed by atoms with Crippen LogP contribution in [0.3, 0.4) is 0 Å². The van der Waals surface area contributed by atoms with Gasteiger partial charge in [0.25, 0.3) is 0 Å². The van der Waals surface area contributed by atoms with Gasteiger partial charge in [-0.15, -0.1) is 0 Å². The lowest BCUT2D eigenvalue weighted by Gasteiger charge is -2.19. The van der Waals surface area contributed by atoms with Crippen molar-refractivity contribution in [2.75, 3.05) is 0 Å². The number of ether oxygens (including phenoxy) is 1. The van der Waals surface area contributed by atoms with Gasteiger partial charge in [0.05, 0.1) is 10.6 Å². The summed E-state index contributed by atoms with van der Waals surface area (Å²) in [4.78, 5) is 0. The van der Waals surface area contributed by atoms with E-state index in [0.29, 0.717) is 23.8 Å². The van der Waals surface area contributed by atoms with Crippen molar-refractivity contribution in [1.82, 2.24) is 0 Å². The van der Waals surface area contributed by atoms with E-state index in [1.165, 1.54) is 0 Å². The Kier molecular flexibility index (Phi) is 9.47. The van der Waals surface area contributed by atoms with Crippen LogP contribution in [0.1, 0.15) is 48.4 Å². The number of aryl methyl sites for hydroxylation is 1. The van der Waals surface area contributed by atoms with Crippen molar-refractivity contribution in [3.63, 3.8) is 0 Å². The van der Waals surface area contributed by atoms with Crippen LogP contribution in [0.25, 0.3) is 11.1 Å². The second-order valence-corrected chi connectivity index (χ2v) is 9.76. The van der Waals surface area contributed by atoms with Crippen molar-refractivity contribution in [3.8, 4) is 28.7 Å². The number of hydrogen-bond acceptors (Lipinski definition) is 1. The smallest absolute Gasteiger partial charge is 0.429 e. The zero-order valence-corrected chi connectivity index (χ0v) is 22.7. The van der Waals surface area contributed by atoms with E-state index in [-0.39, 0.29) is 11.6 Å². The molecule has 0 aliphatic carbocycles. The number of benzene rings is 4. The van der Waals surface area contributed by atoms with Gasteiger partial charge in [-0.25, -0.2) is 26.3 Å². The van der Waals surface area contributed by atoms with E-state index in [2.05, 4.69) is 23.5 Å². The first-order valence-electron chi connectivity index (χ1n) is 12.7. The van der Waals surface area contributed by atoms with Crippen LogP contribution in [0.15, 0.2) is 60.7 Å². The van der Waals surface area contributed by atoms with Gasteiger partial charge < -0.3 is 4.74 Å². The molecule has 42 heavy (non-hydrogen) atoms. The van der Waals surface area contributed by atoms with Crippen LogP contribution < -0.4 is 4.74 Å². The van der Waals surface area contributed by atoms with Crippen molar-refractivity contribution in [3.05, 3.63) is 123 Å². The number of hydrogen-bond donors (Lipinski definition) is 0. The maximum Gasteiger partial charge on any atom is 0.432 e. The Balaban J connectivity index is 1.56. The third-order valence-electron chi connectivity index (χ3n) is 6.27. The molecule has 0 saturated heterocycles. The van der Waals surface area contributed by atoms with Gasteiger partial charge in [0.2, 0.25) is 0 Å². The summed E-state index contributed by atoms with van der Waals surface area (Å²) in [5, 5.41) is -0.893. The summed E-state index contributed by atoms with van der Waals surface area (Å²) in [7, 11) is 0. The monoisotopic (exact) mass is 608 g/mol. The van der Waals surface area contributed by atoms with Gasteiger partial charge in [0.1, 0.15) is 34.6 Å². The molecule has 10 heteroatoms. The molecule has 0 aliphatic rings. The van der Waals surface area contributed by atoms with Crippen molar-refractivity contribution < 1.29 is 39.9 Å². The normalized spacial score (nSPS) is 11.3. The lowest BCUT2D eigenvalue weighted by molar-refractivity contribution is -0.189. The second-order valence-electron chi connectivity index (χ2n) is 9.35. The molecule has 0 fully saturated rings. The van der Waals surface area contributed by atoms with Crippen LogP contribution in [0.4, 0.5) is 35.1 Å². The molecule has 218 valence electrons. The highest BCUT2D eigenvalue weighted by molar-refractivity contribution is 6.30. The largest absolute Gasteiger partial charge is 0.432 e. The van der Waals surface area contributed by atoms with Crippen LogP contribution in [0, 0.1) is 46.7 Å². The van der Waals surface area contributed by atoms with Crippen LogP contribution in [0.2, 0.25) is 5.02 Å². The Hall–Kier alpha value is -4.03. The van der Waals surface area contributed by atoms with Gasteiger partial charge in [-0.3, -0.25) is 0 Å². The summed E-state index contributed by atoms with van der Waals surface area (Å²) in [6, 6.07) is 10.9. The third-order valence-corrected chi connectivity index (χ3v) is 6.54. The Morgan fingerprint density at radius 2 is 1.33 bits per heavy atom. The van der Waals surface area contributed by atoms with E-state index in [1.54, 1.807) is 12.1 Å². The Morgan fingerprint density at radius 3 is 1.90 bits per heavy atom. The van der Waals surface area contributed by atoms with Crippen LogP contribution >= 0.6 is 11.6 Å². The molecule has 0 atom stereocenters. The van der Waals surface area contributed by atoms with Gasteiger partial charge in [-0.1, -0.05) is 67.5 Å². The van der Waals surface area contributed by atoms with E-state index in [0.717, 1.165) is 43.4 Å². The van der Waals surface area contributed by atoms with Gasteiger partial charge in [-0.05, 0) is 53.8 Å². The molecule has 4 rings (SSSR count). The average Bonchev–Trinajstić information content (AvgIpc) is 2.91. The van der Waals surface area contributed by atoms with Gasteiger partial charge in [0.15, 0.2) is 11.6 Å². The summed E-state index contributed by atoms with van der Waals surface area (Å²) >= 11 is 5.39. The molecule has 4 aromatic carbocycles. The number of halogens is 9. The summed E-state index contributed by atoms with van der Waals surface area (Å²) in [5.41, 5.74) is -1.14. The zero-order chi connectivity index (χ0) is 30.6. The minimum absolute atomic E-state index is 0.225. The molecule has 0 spiro atoms. The number of alkyl halides is 2. The van der Waals surface area contributed by atoms with Crippen molar-refractivity contribution in [2.24, 2.45) is 0 Å². The topological polar surface area (TPSA) is 9.23 Å². The van der Waals surface area contributed by atoms with E-state index >= 15 is 0 Å². The third kappa shape index (κ3) is 7.05. The maximum absolute atomic E-state index is 14.8. The predicted octanol–water partition coefficient (Wildman–Crippen LogP) is 10.1. The molecule has 0 unspecified atom stereocenters. The van der Waals surface area contributed by atoms with Crippen molar-refractivity contribution in [2.45, 2.75) is 38.7 Å². The molecule has 1 nitrogen and oxygen atoms in total. The zero-order valence-electron chi connectivity index (χ0n) is 21.9. The number of rotatable bonds is 8. The van der Waals surface area contributed by atoms with Gasteiger partial charge in [0, 0.05) is 17.7 Å².